The molecule has 7 heteroatoms. The summed E-state index contributed by atoms with van der Waals surface area (Å²) < 4.78 is 23.9. The highest BCUT2D eigenvalue weighted by Crippen LogP contribution is 2.25. The molecule has 0 saturated carbocycles. The smallest absolute Gasteiger partial charge is 0.224 e. The van der Waals surface area contributed by atoms with E-state index in [1.165, 1.54) is 25.3 Å². The number of hydrogen-bond acceptors (Lipinski definition) is 5. The average Bonchev–Trinajstić information content (AvgIpc) is 2.41. The Hall–Kier alpha value is -2.23. The second-order valence-electron chi connectivity index (χ2n) is 3.74. The highest BCUT2D eigenvalue weighted by molar-refractivity contribution is 6.29. The minimum absolute atomic E-state index is 0.0536. The van der Waals surface area contributed by atoms with E-state index >= 15 is 0 Å². The van der Waals surface area contributed by atoms with Crippen molar-refractivity contribution < 1.29 is 13.9 Å². The van der Waals surface area contributed by atoms with Crippen molar-refractivity contribution in [2.24, 2.45) is 0 Å². The highest BCUT2D eigenvalue weighted by Gasteiger charge is 2.09. The van der Waals surface area contributed by atoms with Gasteiger partial charge in [0.1, 0.15) is 11.8 Å². The van der Waals surface area contributed by atoms with E-state index in [1.54, 1.807) is 0 Å². The van der Waals surface area contributed by atoms with Crippen LogP contribution in [0.4, 0.5) is 4.39 Å². The summed E-state index contributed by atoms with van der Waals surface area (Å²) in [5.41, 5.74) is 0.204. The molecule has 0 radical (unpaired) electrons. The third-order valence-electron chi connectivity index (χ3n) is 2.27. The minimum Gasteiger partial charge on any atom is -0.436 e. The molecule has 1 aromatic carbocycles. The number of methoxy groups -OCH3 is 1. The van der Waals surface area contributed by atoms with Crippen molar-refractivity contribution in [1.82, 2.24) is 9.97 Å². The lowest BCUT2D eigenvalue weighted by molar-refractivity contribution is 0.177. The molecule has 0 aliphatic rings. The van der Waals surface area contributed by atoms with Gasteiger partial charge in [-0.2, -0.15) is 10.2 Å². The van der Waals surface area contributed by atoms with Crippen molar-refractivity contribution in [3.05, 3.63) is 46.6 Å². The molecule has 0 unspecified atom stereocenters. The quantitative estimate of drug-likeness (QED) is 0.810. The van der Waals surface area contributed by atoms with Gasteiger partial charge < -0.3 is 9.47 Å². The zero-order valence-electron chi connectivity index (χ0n) is 10.4. The standard InChI is InChI=1S/C13H9ClFN3O2/c1-19-7-12-17-11(14)5-13(18-12)20-10-3-2-8(6-16)4-9(10)15/h2-5H,7H2,1H3. The summed E-state index contributed by atoms with van der Waals surface area (Å²) in [6.45, 7) is 0.159. The first-order chi connectivity index (χ1) is 9.62. The van der Waals surface area contributed by atoms with E-state index in [4.69, 9.17) is 26.3 Å². The predicted octanol–water partition coefficient (Wildman–Crippen LogP) is 3.08. The molecule has 0 aliphatic carbocycles. The van der Waals surface area contributed by atoms with Crippen LogP contribution in [-0.2, 0) is 11.3 Å². The lowest BCUT2D eigenvalue weighted by Gasteiger charge is -2.07. The zero-order valence-corrected chi connectivity index (χ0v) is 11.2. The molecule has 5 nitrogen and oxygen atoms in total. The van der Waals surface area contributed by atoms with Crippen LogP contribution in [0.3, 0.4) is 0 Å². The van der Waals surface area contributed by atoms with E-state index in [9.17, 15) is 4.39 Å². The summed E-state index contributed by atoms with van der Waals surface area (Å²) in [4.78, 5) is 7.96. The summed E-state index contributed by atoms with van der Waals surface area (Å²) in [5.74, 6) is -0.293. The Morgan fingerprint density at radius 3 is 2.80 bits per heavy atom. The maximum Gasteiger partial charge on any atom is 0.224 e. The fourth-order valence-corrected chi connectivity index (χ4v) is 1.64. The average molecular weight is 294 g/mol. The van der Waals surface area contributed by atoms with Gasteiger partial charge in [0.2, 0.25) is 5.88 Å². The Bertz CT molecular complexity index is 673. The molecular formula is C13H9ClFN3O2. The van der Waals surface area contributed by atoms with E-state index in [0.29, 0.717) is 5.82 Å². The molecule has 2 rings (SSSR count). The van der Waals surface area contributed by atoms with E-state index in [2.05, 4.69) is 9.97 Å². The summed E-state index contributed by atoms with van der Waals surface area (Å²) in [6.07, 6.45) is 0. The van der Waals surface area contributed by atoms with Crippen molar-refractivity contribution in [2.45, 2.75) is 6.61 Å². The molecule has 0 fully saturated rings. The summed E-state index contributed by atoms with van der Waals surface area (Å²) in [5, 5.41) is 8.83. The number of ether oxygens (including phenoxy) is 2. The van der Waals surface area contributed by atoms with Crippen LogP contribution >= 0.6 is 11.6 Å². The number of aromatic nitrogens is 2. The SMILES string of the molecule is COCc1nc(Cl)cc(Oc2ccc(C#N)cc2F)n1. The minimum atomic E-state index is -0.660. The second kappa shape index (κ2) is 6.28. The largest absolute Gasteiger partial charge is 0.436 e. The Kier molecular flexibility index (Phi) is 4.45. The first kappa shape index (κ1) is 14.2. The van der Waals surface area contributed by atoms with Gasteiger partial charge in [0.15, 0.2) is 17.4 Å². The fourth-order valence-electron chi connectivity index (χ4n) is 1.45. The van der Waals surface area contributed by atoms with Gasteiger partial charge in [0.25, 0.3) is 0 Å². The topological polar surface area (TPSA) is 68.0 Å². The third kappa shape index (κ3) is 3.41. The first-order valence-corrected chi connectivity index (χ1v) is 5.90. The van der Waals surface area contributed by atoms with E-state index in [1.807, 2.05) is 6.07 Å². The summed E-state index contributed by atoms with van der Waals surface area (Å²) in [7, 11) is 1.49. The van der Waals surface area contributed by atoms with Crippen LogP contribution in [0.5, 0.6) is 11.6 Å². The molecule has 0 bridgehead atoms. The molecule has 1 aromatic heterocycles. The second-order valence-corrected chi connectivity index (χ2v) is 4.12. The van der Waals surface area contributed by atoms with Crippen molar-refractivity contribution in [3.8, 4) is 17.7 Å². The van der Waals surface area contributed by atoms with Crippen LogP contribution in [0.15, 0.2) is 24.3 Å². The van der Waals surface area contributed by atoms with Gasteiger partial charge in [-0.05, 0) is 18.2 Å². The van der Waals surface area contributed by atoms with Gasteiger partial charge in [-0.15, -0.1) is 0 Å². The molecule has 20 heavy (non-hydrogen) atoms. The number of hydrogen-bond donors (Lipinski definition) is 0. The van der Waals surface area contributed by atoms with Gasteiger partial charge in [-0.25, -0.2) is 9.37 Å². The molecule has 102 valence electrons. The van der Waals surface area contributed by atoms with Crippen LogP contribution in [0, 0.1) is 17.1 Å². The molecule has 2 aromatic rings. The molecule has 0 amide bonds. The van der Waals surface area contributed by atoms with Crippen LogP contribution in [0.25, 0.3) is 0 Å². The summed E-state index contributed by atoms with van der Waals surface area (Å²) >= 11 is 5.82. The lowest BCUT2D eigenvalue weighted by atomic mass is 10.2. The zero-order chi connectivity index (χ0) is 14.5. The number of nitriles is 1. The van der Waals surface area contributed by atoms with Gasteiger partial charge in [0.05, 0.1) is 11.6 Å². The third-order valence-corrected chi connectivity index (χ3v) is 2.46. The molecular weight excluding hydrogens is 285 g/mol. The van der Waals surface area contributed by atoms with Gasteiger partial charge >= 0.3 is 0 Å². The van der Waals surface area contributed by atoms with Crippen molar-refractivity contribution >= 4 is 11.6 Å². The van der Waals surface area contributed by atoms with Crippen molar-refractivity contribution in [1.29, 1.82) is 5.26 Å². The summed E-state index contributed by atoms with van der Waals surface area (Å²) in [6, 6.07) is 7.06. The van der Waals surface area contributed by atoms with Gasteiger partial charge in [-0.3, -0.25) is 0 Å². The van der Waals surface area contributed by atoms with Gasteiger partial charge in [0, 0.05) is 13.2 Å². The maximum atomic E-state index is 13.7. The number of benzene rings is 1. The number of halogens is 2. The van der Waals surface area contributed by atoms with Crippen LogP contribution in [-0.4, -0.2) is 17.1 Å². The Labute approximate surface area is 119 Å². The first-order valence-electron chi connectivity index (χ1n) is 5.52. The fraction of sp³-hybridized carbons (Fsp3) is 0.154. The number of rotatable bonds is 4. The highest BCUT2D eigenvalue weighted by atomic mass is 35.5. The molecule has 0 spiro atoms. The Balaban J connectivity index is 2.28. The molecule has 0 saturated heterocycles. The van der Waals surface area contributed by atoms with E-state index in [0.717, 1.165) is 6.07 Å². The van der Waals surface area contributed by atoms with E-state index in [-0.39, 0.29) is 29.0 Å². The monoisotopic (exact) mass is 293 g/mol. The maximum absolute atomic E-state index is 13.7. The van der Waals surface area contributed by atoms with Crippen LogP contribution in [0.2, 0.25) is 5.15 Å². The van der Waals surface area contributed by atoms with Crippen molar-refractivity contribution in [3.63, 3.8) is 0 Å². The normalized spacial score (nSPS) is 10.1. The molecule has 1 heterocycles. The molecule has 0 atom stereocenters. The van der Waals surface area contributed by atoms with Crippen LogP contribution in [0.1, 0.15) is 11.4 Å². The Morgan fingerprint density at radius 1 is 1.35 bits per heavy atom. The predicted molar refractivity (Wildman–Crippen MR) is 68.9 cm³/mol. The Morgan fingerprint density at radius 2 is 2.15 bits per heavy atom. The van der Waals surface area contributed by atoms with E-state index < -0.39 is 5.82 Å². The molecule has 0 N–H and O–H groups in total. The van der Waals surface area contributed by atoms with Crippen LogP contribution < -0.4 is 4.74 Å². The van der Waals surface area contributed by atoms with Crippen molar-refractivity contribution in [2.75, 3.05) is 7.11 Å². The lowest BCUT2D eigenvalue weighted by Crippen LogP contribution is -2.00. The van der Waals surface area contributed by atoms with Gasteiger partial charge in [-0.1, -0.05) is 11.6 Å². The molecule has 0 aliphatic heterocycles. The number of nitrogens with zero attached hydrogens (tertiary/aromatic N) is 3.